The van der Waals surface area contributed by atoms with Gasteiger partial charge in [0.15, 0.2) is 6.29 Å². The van der Waals surface area contributed by atoms with E-state index in [-0.39, 0.29) is 17.0 Å². The average Bonchev–Trinajstić information content (AvgIpc) is 2.80. The quantitative estimate of drug-likeness (QED) is 0.630. The predicted octanol–water partition coefficient (Wildman–Crippen LogP) is 3.06. The summed E-state index contributed by atoms with van der Waals surface area (Å²) < 4.78 is 11.5. The van der Waals surface area contributed by atoms with Crippen molar-refractivity contribution in [2.24, 2.45) is 0 Å². The molecule has 100 valence electrons. The van der Waals surface area contributed by atoms with Gasteiger partial charge in [-0.15, -0.1) is 11.3 Å². The van der Waals surface area contributed by atoms with Crippen LogP contribution in [0.1, 0.15) is 27.0 Å². The van der Waals surface area contributed by atoms with E-state index < -0.39 is 5.97 Å². The molecule has 0 unspecified atom stereocenters. The maximum Gasteiger partial charge on any atom is 0.349 e. The van der Waals surface area contributed by atoms with Crippen LogP contribution < -0.4 is 4.74 Å². The number of aldehydes is 1. The molecule has 0 spiro atoms. The molecule has 0 saturated carbocycles. The van der Waals surface area contributed by atoms with Crippen molar-refractivity contribution in [2.45, 2.75) is 6.92 Å². The first kappa shape index (κ1) is 14.0. The fourth-order valence-electron chi connectivity index (χ4n) is 1.68. The number of hydrogen-bond donors (Lipinski definition) is 0. The molecule has 0 bridgehead atoms. The van der Waals surface area contributed by atoms with Gasteiger partial charge in [0, 0.05) is 6.20 Å². The van der Waals surface area contributed by atoms with E-state index in [1.165, 1.54) is 18.4 Å². The molecule has 0 aliphatic heterocycles. The number of rotatable bonds is 4. The largest absolute Gasteiger partial charge is 0.481 e. The number of fused-ring (bicyclic) bond motifs is 1. The molecule has 2 aromatic rings. The lowest BCUT2D eigenvalue weighted by Crippen LogP contribution is -2.04. The van der Waals surface area contributed by atoms with Gasteiger partial charge in [-0.05, 0) is 22.9 Å². The van der Waals surface area contributed by atoms with Gasteiger partial charge in [0.2, 0.25) is 5.88 Å². The number of carbonyl (C=O) groups excluding carboxylic acids is 2. The lowest BCUT2D eigenvalue weighted by molar-refractivity contribution is 0.0530. The zero-order chi connectivity index (χ0) is 14.0. The van der Waals surface area contributed by atoms with Gasteiger partial charge < -0.3 is 9.47 Å². The Labute approximate surface area is 121 Å². The summed E-state index contributed by atoms with van der Waals surface area (Å²) in [5.41, 5.74) is 0.254. The van der Waals surface area contributed by atoms with Crippen LogP contribution in [0.3, 0.4) is 0 Å². The highest BCUT2D eigenvalue weighted by Crippen LogP contribution is 2.39. The monoisotopic (exact) mass is 343 g/mol. The van der Waals surface area contributed by atoms with Gasteiger partial charge in [-0.3, -0.25) is 4.79 Å². The first-order valence-electron chi connectivity index (χ1n) is 5.41. The van der Waals surface area contributed by atoms with Gasteiger partial charge in [0.05, 0.1) is 33.8 Å². The third-order valence-electron chi connectivity index (χ3n) is 2.44. The van der Waals surface area contributed by atoms with E-state index >= 15 is 0 Å². The number of esters is 1. The Hall–Kier alpha value is -1.47. The van der Waals surface area contributed by atoms with Crippen molar-refractivity contribution in [1.29, 1.82) is 0 Å². The van der Waals surface area contributed by atoms with E-state index in [0.29, 0.717) is 22.0 Å². The smallest absolute Gasteiger partial charge is 0.349 e. The van der Waals surface area contributed by atoms with Crippen LogP contribution in [0.4, 0.5) is 0 Å². The second kappa shape index (κ2) is 5.66. The highest BCUT2D eigenvalue weighted by Gasteiger charge is 2.23. The molecule has 2 rings (SSSR count). The molecule has 5 nitrogen and oxygen atoms in total. The molecule has 0 aliphatic rings. The summed E-state index contributed by atoms with van der Waals surface area (Å²) in [7, 11) is 1.46. The van der Waals surface area contributed by atoms with E-state index in [4.69, 9.17) is 9.47 Å². The third kappa shape index (κ3) is 2.35. The Balaban J connectivity index is 2.77. The van der Waals surface area contributed by atoms with Crippen molar-refractivity contribution in [1.82, 2.24) is 4.98 Å². The maximum absolute atomic E-state index is 11.9. The SMILES string of the molecule is CCOC(=O)c1sc2c(Br)cnc(OC)c2c1C=O. The van der Waals surface area contributed by atoms with Crippen LogP contribution in [0.2, 0.25) is 0 Å². The van der Waals surface area contributed by atoms with Gasteiger partial charge in [0.1, 0.15) is 4.88 Å². The van der Waals surface area contributed by atoms with Crippen molar-refractivity contribution in [2.75, 3.05) is 13.7 Å². The van der Waals surface area contributed by atoms with Crippen molar-refractivity contribution < 1.29 is 19.1 Å². The topological polar surface area (TPSA) is 65.5 Å². The molecule has 0 atom stereocenters. The molecule has 7 heteroatoms. The van der Waals surface area contributed by atoms with Crippen LogP contribution in [0.5, 0.6) is 5.88 Å². The standard InChI is InChI=1S/C12H10BrNO4S/c1-3-18-12(16)9-6(5-15)8-10(19-9)7(13)4-14-11(8)17-2/h4-5H,3H2,1-2H3. The lowest BCUT2D eigenvalue weighted by atomic mass is 10.2. The van der Waals surface area contributed by atoms with Crippen LogP contribution in [0.25, 0.3) is 10.1 Å². The summed E-state index contributed by atoms with van der Waals surface area (Å²) in [5, 5.41) is 0.528. The van der Waals surface area contributed by atoms with Crippen molar-refractivity contribution in [3.05, 3.63) is 21.1 Å². The van der Waals surface area contributed by atoms with Crippen molar-refractivity contribution in [3.8, 4) is 5.88 Å². The summed E-state index contributed by atoms with van der Waals surface area (Å²) in [6.45, 7) is 1.96. The number of halogens is 1. The maximum atomic E-state index is 11.9. The first-order chi connectivity index (χ1) is 9.13. The minimum Gasteiger partial charge on any atom is -0.481 e. The molecular formula is C12H10BrNO4S. The molecular weight excluding hydrogens is 334 g/mol. The molecule has 0 amide bonds. The van der Waals surface area contributed by atoms with Crippen molar-refractivity contribution in [3.63, 3.8) is 0 Å². The molecule has 19 heavy (non-hydrogen) atoms. The molecule has 0 aromatic carbocycles. The van der Waals surface area contributed by atoms with Crippen LogP contribution >= 0.6 is 27.3 Å². The zero-order valence-corrected chi connectivity index (χ0v) is 12.6. The number of methoxy groups -OCH3 is 1. The zero-order valence-electron chi connectivity index (χ0n) is 10.2. The Morgan fingerprint density at radius 2 is 2.32 bits per heavy atom. The Bertz CT molecular complexity index is 653. The van der Waals surface area contributed by atoms with Crippen LogP contribution in [0, 0.1) is 0 Å². The normalized spacial score (nSPS) is 10.5. The van der Waals surface area contributed by atoms with Gasteiger partial charge in [-0.1, -0.05) is 0 Å². The predicted molar refractivity (Wildman–Crippen MR) is 75.2 cm³/mol. The summed E-state index contributed by atoms with van der Waals surface area (Å²) in [6.07, 6.45) is 2.20. The van der Waals surface area contributed by atoms with E-state index in [1.807, 2.05) is 0 Å². The van der Waals surface area contributed by atoms with Crippen LogP contribution in [0.15, 0.2) is 10.7 Å². The summed E-state index contributed by atoms with van der Waals surface area (Å²) in [4.78, 5) is 27.5. The van der Waals surface area contributed by atoms with E-state index in [0.717, 1.165) is 4.70 Å². The average molecular weight is 344 g/mol. The number of pyridine rings is 1. The van der Waals surface area contributed by atoms with Gasteiger partial charge in [0.25, 0.3) is 0 Å². The number of ether oxygens (including phenoxy) is 2. The van der Waals surface area contributed by atoms with Gasteiger partial charge in [-0.2, -0.15) is 0 Å². The van der Waals surface area contributed by atoms with Crippen LogP contribution in [-0.4, -0.2) is 31.0 Å². The number of hydrogen-bond acceptors (Lipinski definition) is 6. The molecule has 0 saturated heterocycles. The molecule has 0 aliphatic carbocycles. The minimum absolute atomic E-state index is 0.252. The summed E-state index contributed by atoms with van der Waals surface area (Å²) in [6, 6.07) is 0. The Morgan fingerprint density at radius 3 is 2.89 bits per heavy atom. The number of aromatic nitrogens is 1. The third-order valence-corrected chi connectivity index (χ3v) is 4.53. The fourth-order valence-corrected chi connectivity index (χ4v) is 3.28. The highest BCUT2D eigenvalue weighted by atomic mass is 79.9. The van der Waals surface area contributed by atoms with Gasteiger partial charge >= 0.3 is 5.97 Å². The highest BCUT2D eigenvalue weighted by molar-refractivity contribution is 9.10. The molecule has 2 heterocycles. The fraction of sp³-hybridized carbons (Fsp3) is 0.250. The molecule has 0 N–H and O–H groups in total. The van der Waals surface area contributed by atoms with Crippen LogP contribution in [-0.2, 0) is 4.74 Å². The Morgan fingerprint density at radius 1 is 1.58 bits per heavy atom. The second-order valence-corrected chi connectivity index (χ2v) is 5.38. The lowest BCUT2D eigenvalue weighted by Gasteiger charge is -2.02. The number of carbonyl (C=O) groups is 2. The first-order valence-corrected chi connectivity index (χ1v) is 7.02. The minimum atomic E-state index is -0.514. The van der Waals surface area contributed by atoms with E-state index in [2.05, 4.69) is 20.9 Å². The number of nitrogens with zero attached hydrogens (tertiary/aromatic N) is 1. The summed E-state index contributed by atoms with van der Waals surface area (Å²) in [5.74, 6) is -0.202. The van der Waals surface area contributed by atoms with E-state index in [1.54, 1.807) is 13.1 Å². The summed E-state index contributed by atoms with van der Waals surface area (Å²) >= 11 is 4.53. The van der Waals surface area contributed by atoms with E-state index in [9.17, 15) is 9.59 Å². The molecule has 0 fully saturated rings. The molecule has 0 radical (unpaired) electrons. The number of thiophene rings is 1. The Kier molecular flexibility index (Phi) is 4.16. The van der Waals surface area contributed by atoms with Gasteiger partial charge in [-0.25, -0.2) is 9.78 Å². The van der Waals surface area contributed by atoms with Crippen molar-refractivity contribution >= 4 is 49.6 Å². The molecule has 2 aromatic heterocycles. The second-order valence-electron chi connectivity index (χ2n) is 3.50.